The smallest absolute Gasteiger partial charge is 0.0945 e. The summed E-state index contributed by atoms with van der Waals surface area (Å²) >= 11 is 0. The number of hydrogen-bond donors (Lipinski definition) is 2. The van der Waals surface area contributed by atoms with Crippen LogP contribution in [0.25, 0.3) is 0 Å². The lowest BCUT2D eigenvalue weighted by Crippen LogP contribution is -2.31. The van der Waals surface area contributed by atoms with Crippen LogP contribution < -0.4 is 4.90 Å². The number of nitrogens with zero attached hydrogens (tertiary/aromatic N) is 1. The quantitative estimate of drug-likeness (QED) is 0.797. The summed E-state index contributed by atoms with van der Waals surface area (Å²) in [6.45, 7) is 4.56. The molecule has 1 aromatic carbocycles. The second-order valence-electron chi connectivity index (χ2n) is 4.46. The highest BCUT2D eigenvalue weighted by atomic mass is 16.3. The average molecular weight is 223 g/mol. The van der Waals surface area contributed by atoms with E-state index < -0.39 is 6.10 Å². The van der Waals surface area contributed by atoms with Crippen molar-refractivity contribution in [2.75, 3.05) is 25.1 Å². The highest BCUT2D eigenvalue weighted by Gasteiger charge is 2.07. The second-order valence-corrected chi connectivity index (χ2v) is 4.46. The minimum absolute atomic E-state index is 0.200. The molecule has 0 heterocycles. The van der Waals surface area contributed by atoms with Crippen LogP contribution in [0.2, 0.25) is 0 Å². The van der Waals surface area contributed by atoms with Crippen molar-refractivity contribution in [3.63, 3.8) is 0 Å². The average Bonchev–Trinajstić information content (AvgIpc) is 2.28. The number of aliphatic hydroxyl groups excluding tert-OH is 2. The van der Waals surface area contributed by atoms with Gasteiger partial charge in [0.25, 0.3) is 0 Å². The number of hydrogen-bond acceptors (Lipinski definition) is 3. The predicted molar refractivity (Wildman–Crippen MR) is 66.9 cm³/mol. The molecule has 0 amide bonds. The molecule has 1 atom stereocenters. The maximum Gasteiger partial charge on any atom is 0.0945 e. The highest BCUT2D eigenvalue weighted by Crippen LogP contribution is 2.19. The van der Waals surface area contributed by atoms with Gasteiger partial charge in [-0.15, -0.1) is 0 Å². The molecule has 0 aliphatic rings. The lowest BCUT2D eigenvalue weighted by atomic mass is 10.0. The molecular formula is C13H21NO2. The number of rotatable bonds is 5. The van der Waals surface area contributed by atoms with Gasteiger partial charge in [-0.3, -0.25) is 0 Å². The van der Waals surface area contributed by atoms with Gasteiger partial charge in [-0.1, -0.05) is 26.0 Å². The van der Waals surface area contributed by atoms with E-state index in [9.17, 15) is 5.11 Å². The van der Waals surface area contributed by atoms with Gasteiger partial charge in [-0.25, -0.2) is 0 Å². The topological polar surface area (TPSA) is 43.7 Å². The summed E-state index contributed by atoms with van der Waals surface area (Å²) in [7, 11) is 1.91. The Morgan fingerprint density at radius 2 is 1.75 bits per heavy atom. The first-order chi connectivity index (χ1) is 7.54. The molecule has 0 spiro atoms. The van der Waals surface area contributed by atoms with Crippen LogP contribution in [0.15, 0.2) is 24.3 Å². The SMILES string of the molecule is CC(C)c1ccc(N(C)CC(O)CO)cc1. The molecule has 0 aromatic heterocycles. The van der Waals surface area contributed by atoms with E-state index in [1.165, 1.54) is 5.56 Å². The van der Waals surface area contributed by atoms with Crippen LogP contribution in [0.1, 0.15) is 25.3 Å². The van der Waals surface area contributed by atoms with Gasteiger partial charge in [0.2, 0.25) is 0 Å². The Labute approximate surface area is 97.3 Å². The van der Waals surface area contributed by atoms with Crippen molar-refractivity contribution >= 4 is 5.69 Å². The van der Waals surface area contributed by atoms with E-state index >= 15 is 0 Å². The first-order valence-electron chi connectivity index (χ1n) is 5.64. The fourth-order valence-electron chi connectivity index (χ4n) is 1.59. The molecule has 0 aliphatic heterocycles. The van der Waals surface area contributed by atoms with Crippen LogP contribution in [0.4, 0.5) is 5.69 Å². The highest BCUT2D eigenvalue weighted by molar-refractivity contribution is 5.47. The van der Waals surface area contributed by atoms with Gasteiger partial charge in [-0.05, 0) is 23.6 Å². The van der Waals surface area contributed by atoms with E-state index in [0.29, 0.717) is 12.5 Å². The molecule has 1 unspecified atom stereocenters. The zero-order valence-corrected chi connectivity index (χ0v) is 10.2. The summed E-state index contributed by atoms with van der Waals surface area (Å²) in [5.41, 5.74) is 2.36. The van der Waals surface area contributed by atoms with Gasteiger partial charge >= 0.3 is 0 Å². The summed E-state index contributed by atoms with van der Waals surface area (Å²) in [4.78, 5) is 1.94. The zero-order valence-electron chi connectivity index (χ0n) is 10.2. The minimum Gasteiger partial charge on any atom is -0.394 e. The van der Waals surface area contributed by atoms with Crippen molar-refractivity contribution in [2.24, 2.45) is 0 Å². The van der Waals surface area contributed by atoms with Crippen molar-refractivity contribution in [3.8, 4) is 0 Å². The van der Waals surface area contributed by atoms with E-state index in [1.54, 1.807) is 0 Å². The van der Waals surface area contributed by atoms with Crippen LogP contribution in [0.5, 0.6) is 0 Å². The Hall–Kier alpha value is -1.06. The third-order valence-corrected chi connectivity index (χ3v) is 2.70. The third-order valence-electron chi connectivity index (χ3n) is 2.70. The molecule has 1 aromatic rings. The van der Waals surface area contributed by atoms with Crippen molar-refractivity contribution in [3.05, 3.63) is 29.8 Å². The lowest BCUT2D eigenvalue weighted by Gasteiger charge is -2.22. The van der Waals surface area contributed by atoms with E-state index in [4.69, 9.17) is 5.11 Å². The predicted octanol–water partition coefficient (Wildman–Crippen LogP) is 1.60. The number of aliphatic hydroxyl groups is 2. The monoisotopic (exact) mass is 223 g/mol. The molecule has 1 rings (SSSR count). The van der Waals surface area contributed by atoms with Crippen molar-refractivity contribution in [2.45, 2.75) is 25.9 Å². The molecule has 0 bridgehead atoms. The number of benzene rings is 1. The Morgan fingerprint density at radius 3 is 2.19 bits per heavy atom. The summed E-state index contributed by atoms with van der Waals surface area (Å²) < 4.78 is 0. The maximum absolute atomic E-state index is 9.34. The molecule has 3 heteroatoms. The minimum atomic E-state index is -0.685. The molecule has 0 saturated heterocycles. The van der Waals surface area contributed by atoms with Gasteiger partial charge in [-0.2, -0.15) is 0 Å². The van der Waals surface area contributed by atoms with Crippen LogP contribution in [-0.2, 0) is 0 Å². The zero-order chi connectivity index (χ0) is 12.1. The van der Waals surface area contributed by atoms with Gasteiger partial charge in [0.1, 0.15) is 0 Å². The standard InChI is InChI=1S/C13H21NO2/c1-10(2)11-4-6-12(7-5-11)14(3)8-13(16)9-15/h4-7,10,13,15-16H,8-9H2,1-3H3. The fraction of sp³-hybridized carbons (Fsp3) is 0.538. The Balaban J connectivity index is 2.66. The molecule has 0 aliphatic carbocycles. The van der Waals surface area contributed by atoms with E-state index in [2.05, 4.69) is 26.0 Å². The van der Waals surface area contributed by atoms with Crippen LogP contribution in [0.3, 0.4) is 0 Å². The Kier molecular flexibility index (Phi) is 4.77. The molecule has 3 nitrogen and oxygen atoms in total. The Morgan fingerprint density at radius 1 is 1.19 bits per heavy atom. The van der Waals surface area contributed by atoms with Gasteiger partial charge in [0.05, 0.1) is 12.7 Å². The van der Waals surface area contributed by atoms with Gasteiger partial charge < -0.3 is 15.1 Å². The maximum atomic E-state index is 9.34. The summed E-state index contributed by atoms with van der Waals surface area (Å²) in [6, 6.07) is 8.28. The third kappa shape index (κ3) is 3.51. The van der Waals surface area contributed by atoms with Crippen LogP contribution in [0, 0.1) is 0 Å². The van der Waals surface area contributed by atoms with E-state index in [0.717, 1.165) is 5.69 Å². The van der Waals surface area contributed by atoms with Crippen LogP contribution in [-0.4, -0.2) is 36.5 Å². The van der Waals surface area contributed by atoms with Crippen LogP contribution >= 0.6 is 0 Å². The number of likely N-dealkylation sites (N-methyl/N-ethyl adjacent to an activating group) is 1. The largest absolute Gasteiger partial charge is 0.394 e. The van der Waals surface area contributed by atoms with Crippen molar-refractivity contribution in [1.29, 1.82) is 0 Å². The summed E-state index contributed by atoms with van der Waals surface area (Å²) in [5.74, 6) is 0.530. The van der Waals surface area contributed by atoms with E-state index in [1.807, 2.05) is 24.1 Å². The normalized spacial score (nSPS) is 12.9. The summed E-state index contributed by atoms with van der Waals surface area (Å²) in [6.07, 6.45) is -0.685. The molecule has 0 radical (unpaired) electrons. The first-order valence-corrected chi connectivity index (χ1v) is 5.64. The molecule has 2 N–H and O–H groups in total. The molecule has 90 valence electrons. The fourth-order valence-corrected chi connectivity index (χ4v) is 1.59. The summed E-state index contributed by atoms with van der Waals surface area (Å²) in [5, 5.41) is 18.1. The molecule has 16 heavy (non-hydrogen) atoms. The molecule has 0 saturated carbocycles. The number of anilines is 1. The van der Waals surface area contributed by atoms with Gasteiger partial charge in [0, 0.05) is 19.3 Å². The Bertz CT molecular complexity index is 308. The lowest BCUT2D eigenvalue weighted by molar-refractivity contribution is 0.101. The van der Waals surface area contributed by atoms with Crippen molar-refractivity contribution in [1.82, 2.24) is 0 Å². The van der Waals surface area contributed by atoms with Crippen molar-refractivity contribution < 1.29 is 10.2 Å². The first kappa shape index (κ1) is 13.0. The van der Waals surface area contributed by atoms with Gasteiger partial charge in [0.15, 0.2) is 0 Å². The van der Waals surface area contributed by atoms with E-state index in [-0.39, 0.29) is 6.61 Å². The molecule has 0 fully saturated rings. The molecular weight excluding hydrogens is 202 g/mol. The second kappa shape index (κ2) is 5.87.